The van der Waals surface area contributed by atoms with Gasteiger partial charge in [0, 0.05) is 0 Å². The molecule has 0 radical (unpaired) electrons. The third-order valence-electron chi connectivity index (χ3n) is 1.84. The summed E-state index contributed by atoms with van der Waals surface area (Å²) in [6.45, 7) is 0.0106. The van der Waals surface area contributed by atoms with E-state index in [1.54, 1.807) is 4.13 Å². The summed E-state index contributed by atoms with van der Waals surface area (Å²) < 4.78 is 88.9. The van der Waals surface area contributed by atoms with Crippen LogP contribution in [0.3, 0.4) is 0 Å². The molecule has 0 aliphatic carbocycles. The monoisotopic (exact) mass is 326 g/mol. The van der Waals surface area contributed by atoms with E-state index in [-0.39, 0.29) is 19.4 Å². The average Bonchev–Trinajstić information content (AvgIpc) is 2.17. The fraction of sp³-hybridized carbons (Fsp3) is 0.833. The topological polar surface area (TPSA) is 118 Å². The SMILES string of the molecule is O=C1OCCCC1OS(=O)(=O)[N-]S(=O)(=O)C(F)(F)F. The van der Waals surface area contributed by atoms with Crippen LogP contribution in [-0.4, -0.2) is 41.0 Å². The molecule has 1 heterocycles. The Morgan fingerprint density at radius 1 is 1.26 bits per heavy atom. The largest absolute Gasteiger partial charge is 0.480 e. The van der Waals surface area contributed by atoms with Crippen LogP contribution in [0.2, 0.25) is 0 Å². The minimum Gasteiger partial charge on any atom is -0.464 e. The lowest BCUT2D eigenvalue weighted by Crippen LogP contribution is -2.34. The number of ether oxygens (including phenoxy) is 1. The maximum absolute atomic E-state index is 11.9. The summed E-state index contributed by atoms with van der Waals surface area (Å²) in [5, 5.41) is 0. The summed E-state index contributed by atoms with van der Waals surface area (Å²) in [5.74, 6) is -1.12. The standard InChI is InChI=1S/C6H7F3NO7S2/c7-6(8,9)18(12,13)10-19(14,15)17-4-2-1-3-16-5(4)11/h4H,1-3H2/q-1. The van der Waals surface area contributed by atoms with Crippen LogP contribution < -0.4 is 0 Å². The van der Waals surface area contributed by atoms with Crippen molar-refractivity contribution in [1.82, 2.24) is 0 Å². The van der Waals surface area contributed by atoms with Crippen LogP contribution >= 0.6 is 0 Å². The van der Waals surface area contributed by atoms with Crippen LogP contribution in [0.1, 0.15) is 12.8 Å². The molecule has 8 nitrogen and oxygen atoms in total. The van der Waals surface area contributed by atoms with Gasteiger partial charge in [-0.05, 0) is 12.8 Å². The Bertz CT molecular complexity index is 552. The van der Waals surface area contributed by atoms with Gasteiger partial charge in [0.15, 0.2) is 16.1 Å². The number of esters is 1. The molecule has 1 aliphatic rings. The van der Waals surface area contributed by atoms with Crippen molar-refractivity contribution in [2.75, 3.05) is 6.61 Å². The average molecular weight is 326 g/mol. The van der Waals surface area contributed by atoms with Crippen LogP contribution in [0, 0.1) is 0 Å². The molecule has 1 unspecified atom stereocenters. The molecule has 1 fully saturated rings. The third-order valence-corrected chi connectivity index (χ3v) is 4.41. The molecular weight excluding hydrogens is 319 g/mol. The van der Waals surface area contributed by atoms with E-state index in [1.165, 1.54) is 0 Å². The van der Waals surface area contributed by atoms with Crippen molar-refractivity contribution in [3.63, 3.8) is 0 Å². The molecule has 0 N–H and O–H groups in total. The second kappa shape index (κ2) is 5.22. The van der Waals surface area contributed by atoms with Gasteiger partial charge in [-0.15, -0.1) is 0 Å². The molecule has 1 aliphatic heterocycles. The van der Waals surface area contributed by atoms with E-state index in [2.05, 4.69) is 8.92 Å². The maximum atomic E-state index is 11.9. The van der Waals surface area contributed by atoms with E-state index >= 15 is 0 Å². The summed E-state index contributed by atoms with van der Waals surface area (Å²) in [6.07, 6.45) is -1.62. The summed E-state index contributed by atoms with van der Waals surface area (Å²) in [5.41, 5.74) is -5.88. The van der Waals surface area contributed by atoms with Gasteiger partial charge in [-0.1, -0.05) is 0 Å². The van der Waals surface area contributed by atoms with Gasteiger partial charge in [-0.25, -0.2) is 21.6 Å². The van der Waals surface area contributed by atoms with E-state index < -0.39 is 37.9 Å². The van der Waals surface area contributed by atoms with E-state index in [0.717, 1.165) is 0 Å². The van der Waals surface area contributed by atoms with Crippen molar-refractivity contribution in [2.45, 2.75) is 24.5 Å². The van der Waals surface area contributed by atoms with Crippen LogP contribution in [0.15, 0.2) is 0 Å². The molecule has 0 bridgehead atoms. The Balaban J connectivity index is 2.80. The van der Waals surface area contributed by atoms with Gasteiger partial charge in [0.1, 0.15) is 0 Å². The normalized spacial score (nSPS) is 22.1. The number of halogens is 3. The van der Waals surface area contributed by atoms with Crippen LogP contribution in [0.25, 0.3) is 4.13 Å². The molecule has 13 heteroatoms. The molecular formula is C6H7F3NO7S2-. The molecule has 0 aromatic rings. The van der Waals surface area contributed by atoms with Gasteiger partial charge in [0.25, 0.3) is 0 Å². The number of alkyl halides is 3. The molecule has 1 atom stereocenters. The first kappa shape index (κ1) is 16.1. The zero-order valence-electron chi connectivity index (χ0n) is 8.95. The summed E-state index contributed by atoms with van der Waals surface area (Å²) in [7, 11) is -11.7. The highest BCUT2D eigenvalue weighted by molar-refractivity contribution is 8.10. The number of hydrogen-bond acceptors (Lipinski definition) is 7. The van der Waals surface area contributed by atoms with E-state index in [4.69, 9.17) is 0 Å². The molecule has 112 valence electrons. The van der Waals surface area contributed by atoms with Gasteiger partial charge in [-0.3, -0.25) is 4.18 Å². The summed E-state index contributed by atoms with van der Waals surface area (Å²) in [4.78, 5) is 11.0. The Kier molecular flexibility index (Phi) is 4.44. The van der Waals surface area contributed by atoms with E-state index in [1.807, 2.05) is 0 Å². The van der Waals surface area contributed by atoms with Crippen molar-refractivity contribution in [3.05, 3.63) is 4.13 Å². The Morgan fingerprint density at radius 2 is 1.84 bits per heavy atom. The summed E-state index contributed by atoms with van der Waals surface area (Å²) >= 11 is 0. The number of rotatable bonds is 4. The quantitative estimate of drug-likeness (QED) is 0.676. The lowest BCUT2D eigenvalue weighted by molar-refractivity contribution is -0.156. The summed E-state index contributed by atoms with van der Waals surface area (Å²) in [6, 6.07) is 0. The number of hydrogen-bond donors (Lipinski definition) is 0. The van der Waals surface area contributed by atoms with Crippen molar-refractivity contribution in [2.24, 2.45) is 0 Å². The molecule has 0 saturated carbocycles. The first-order valence-electron chi connectivity index (χ1n) is 4.60. The first-order valence-corrected chi connectivity index (χ1v) is 7.40. The number of carbonyl (C=O) groups is 1. The fourth-order valence-corrected chi connectivity index (χ4v) is 2.97. The molecule has 0 spiro atoms. The van der Waals surface area contributed by atoms with Crippen molar-refractivity contribution >= 4 is 26.3 Å². The van der Waals surface area contributed by atoms with Gasteiger partial charge in [0.2, 0.25) is 10.3 Å². The highest BCUT2D eigenvalue weighted by atomic mass is 32.3. The Hall–Kier alpha value is -0.920. The lowest BCUT2D eigenvalue weighted by Gasteiger charge is -2.26. The predicted octanol–water partition coefficient (Wildman–Crippen LogP) is 0.177. The highest BCUT2D eigenvalue weighted by Gasteiger charge is 2.41. The van der Waals surface area contributed by atoms with Crippen molar-refractivity contribution in [1.29, 1.82) is 0 Å². The number of carbonyl (C=O) groups excluding carboxylic acids is 1. The van der Waals surface area contributed by atoms with E-state index in [9.17, 15) is 34.8 Å². The predicted molar refractivity (Wildman–Crippen MR) is 52.3 cm³/mol. The maximum Gasteiger partial charge on any atom is 0.480 e. The highest BCUT2D eigenvalue weighted by Crippen LogP contribution is 2.31. The van der Waals surface area contributed by atoms with Crippen molar-refractivity contribution in [3.8, 4) is 0 Å². The van der Waals surface area contributed by atoms with Crippen LogP contribution in [0.5, 0.6) is 0 Å². The molecule has 1 saturated heterocycles. The van der Waals surface area contributed by atoms with Crippen LogP contribution in [0.4, 0.5) is 13.2 Å². The minimum atomic E-state index is -6.26. The zero-order valence-corrected chi connectivity index (χ0v) is 10.6. The molecule has 0 aromatic carbocycles. The smallest absolute Gasteiger partial charge is 0.464 e. The second-order valence-electron chi connectivity index (χ2n) is 3.32. The van der Waals surface area contributed by atoms with Gasteiger partial charge in [0.05, 0.1) is 6.61 Å². The minimum absolute atomic E-state index is 0.0106. The van der Waals surface area contributed by atoms with E-state index in [0.29, 0.717) is 0 Å². The van der Waals surface area contributed by atoms with Gasteiger partial charge >= 0.3 is 11.5 Å². The van der Waals surface area contributed by atoms with Gasteiger partial charge in [-0.2, -0.15) is 13.2 Å². The fourth-order valence-electron chi connectivity index (χ4n) is 1.07. The van der Waals surface area contributed by atoms with Crippen LogP contribution in [-0.2, 0) is 34.0 Å². The van der Waals surface area contributed by atoms with Crippen molar-refractivity contribution < 1.29 is 43.7 Å². The Labute approximate surface area is 106 Å². The number of cyclic esters (lactones) is 1. The van der Waals surface area contributed by atoms with Gasteiger partial charge < -0.3 is 8.86 Å². The zero-order chi connectivity index (χ0) is 14.9. The Morgan fingerprint density at radius 3 is 2.32 bits per heavy atom. The second-order valence-corrected chi connectivity index (χ2v) is 6.37. The lowest BCUT2D eigenvalue weighted by atomic mass is 10.2. The number of sulfonamides is 1. The molecule has 0 amide bonds. The molecule has 19 heavy (non-hydrogen) atoms. The number of nitrogens with zero attached hydrogens (tertiary/aromatic N) is 1. The molecule has 1 rings (SSSR count). The first-order chi connectivity index (χ1) is 8.45. The molecule has 0 aromatic heterocycles. The third kappa shape index (κ3) is 4.29.